The van der Waals surface area contributed by atoms with E-state index in [9.17, 15) is 0 Å². The van der Waals surface area contributed by atoms with Gasteiger partial charge in [0.15, 0.2) is 0 Å². The molecule has 0 spiro atoms. The van der Waals surface area contributed by atoms with Crippen LogP contribution in [-0.4, -0.2) is 5.71 Å². The predicted octanol–water partition coefficient (Wildman–Crippen LogP) is 8.75. The molecule has 0 heterocycles. The third-order valence-corrected chi connectivity index (χ3v) is 5.34. The van der Waals surface area contributed by atoms with Crippen LogP contribution in [0.25, 0.3) is 6.08 Å². The number of anilines is 1. The maximum absolute atomic E-state index is 6.20. The second-order valence-electron chi connectivity index (χ2n) is 6.13. The normalized spacial score (nSPS) is 12.0. The van der Waals surface area contributed by atoms with E-state index >= 15 is 0 Å². The number of unbranched alkanes of at least 4 members (excludes halogenated alkanes) is 3. The van der Waals surface area contributed by atoms with Crippen molar-refractivity contribution in [2.75, 3.05) is 5.43 Å². The van der Waals surface area contributed by atoms with E-state index in [0.717, 1.165) is 24.1 Å². The van der Waals surface area contributed by atoms with Crippen LogP contribution in [0.15, 0.2) is 47.6 Å². The first-order valence-corrected chi connectivity index (χ1v) is 10.4. The van der Waals surface area contributed by atoms with Crippen LogP contribution in [0.1, 0.15) is 44.6 Å². The van der Waals surface area contributed by atoms with E-state index < -0.39 is 0 Å². The summed E-state index contributed by atoms with van der Waals surface area (Å²) in [5, 5.41) is 6.65. The number of nitrogens with zero attached hydrogens (tertiary/aromatic N) is 1. The number of hydrogen-bond acceptors (Lipinski definition) is 2. The van der Waals surface area contributed by atoms with E-state index in [1.807, 2.05) is 24.3 Å². The van der Waals surface area contributed by atoms with Gasteiger partial charge in [0, 0.05) is 0 Å². The number of para-hydroxylation sites is 1. The highest BCUT2D eigenvalue weighted by Crippen LogP contribution is 2.30. The Morgan fingerprint density at radius 3 is 2.33 bits per heavy atom. The smallest absolute Gasteiger partial charge is 0.0934 e. The Hall–Kier alpha value is -1.19. The zero-order chi connectivity index (χ0) is 19.6. The van der Waals surface area contributed by atoms with Crippen LogP contribution in [0, 0.1) is 0 Å². The van der Waals surface area contributed by atoms with Crippen molar-refractivity contribution >= 4 is 63.9 Å². The number of nitrogens with one attached hydrogen (secondary N) is 1. The van der Waals surface area contributed by atoms with Gasteiger partial charge in [-0.05, 0) is 48.7 Å². The highest BCUT2D eigenvalue weighted by molar-refractivity contribution is 6.42. The monoisotopic (exact) mass is 442 g/mol. The molecule has 0 aliphatic rings. The van der Waals surface area contributed by atoms with Crippen molar-refractivity contribution in [2.24, 2.45) is 5.10 Å². The molecule has 0 aromatic heterocycles. The Bertz CT molecular complexity index is 796. The molecule has 2 nitrogen and oxygen atoms in total. The predicted molar refractivity (Wildman–Crippen MR) is 122 cm³/mol. The lowest BCUT2D eigenvalue weighted by molar-refractivity contribution is 0.683. The van der Waals surface area contributed by atoms with Crippen molar-refractivity contribution in [3.05, 3.63) is 68.1 Å². The van der Waals surface area contributed by atoms with Crippen molar-refractivity contribution < 1.29 is 0 Å². The standard InChI is InChI=1S/C21H22Cl4N2/c1-2-3-4-5-7-16(12-10-15-11-13-17(22)20(25)14-15)26-27-21-18(23)8-6-9-19(21)24/h6,8-14,27H,2-5,7H2,1H3/b12-10+,26-16+. The van der Waals surface area contributed by atoms with Gasteiger partial charge < -0.3 is 0 Å². The highest BCUT2D eigenvalue weighted by atomic mass is 35.5. The van der Waals surface area contributed by atoms with Crippen LogP contribution < -0.4 is 5.43 Å². The van der Waals surface area contributed by atoms with Gasteiger partial charge in [-0.15, -0.1) is 0 Å². The van der Waals surface area contributed by atoms with Gasteiger partial charge in [0.2, 0.25) is 0 Å². The van der Waals surface area contributed by atoms with Gasteiger partial charge in [0.1, 0.15) is 0 Å². The maximum atomic E-state index is 6.20. The van der Waals surface area contributed by atoms with E-state index in [-0.39, 0.29) is 0 Å². The second-order valence-corrected chi connectivity index (χ2v) is 7.76. The lowest BCUT2D eigenvalue weighted by Gasteiger charge is -2.08. The second kappa shape index (κ2) is 11.6. The average Bonchev–Trinajstić information content (AvgIpc) is 2.64. The third-order valence-electron chi connectivity index (χ3n) is 3.97. The number of rotatable bonds is 9. The number of halogens is 4. The van der Waals surface area contributed by atoms with E-state index in [2.05, 4.69) is 17.5 Å². The van der Waals surface area contributed by atoms with E-state index in [4.69, 9.17) is 46.4 Å². The highest BCUT2D eigenvalue weighted by Gasteiger charge is 2.05. The van der Waals surface area contributed by atoms with Gasteiger partial charge in [-0.2, -0.15) is 5.10 Å². The van der Waals surface area contributed by atoms with Crippen LogP contribution in [0.2, 0.25) is 20.1 Å². The van der Waals surface area contributed by atoms with Gasteiger partial charge in [-0.3, -0.25) is 5.43 Å². The molecular formula is C21H22Cl4N2. The Labute approximate surface area is 181 Å². The van der Waals surface area contributed by atoms with Crippen LogP contribution in [0.3, 0.4) is 0 Å². The van der Waals surface area contributed by atoms with Crippen molar-refractivity contribution in [3.8, 4) is 0 Å². The summed E-state index contributed by atoms with van der Waals surface area (Å²) in [4.78, 5) is 0. The molecule has 0 radical (unpaired) electrons. The molecule has 0 amide bonds. The fourth-order valence-corrected chi connectivity index (χ4v) is 3.24. The number of hydrogen-bond donors (Lipinski definition) is 1. The average molecular weight is 444 g/mol. The van der Waals surface area contributed by atoms with Gasteiger partial charge in [-0.25, -0.2) is 0 Å². The Morgan fingerprint density at radius 2 is 1.67 bits per heavy atom. The van der Waals surface area contributed by atoms with Crippen molar-refractivity contribution in [3.63, 3.8) is 0 Å². The first-order valence-electron chi connectivity index (χ1n) is 8.91. The lowest BCUT2D eigenvalue weighted by Crippen LogP contribution is -2.00. The van der Waals surface area contributed by atoms with Gasteiger partial charge in [-0.1, -0.05) is 90.8 Å². The molecule has 0 bridgehead atoms. The molecular weight excluding hydrogens is 422 g/mol. The zero-order valence-corrected chi connectivity index (χ0v) is 18.1. The summed E-state index contributed by atoms with van der Waals surface area (Å²) < 4.78 is 0. The van der Waals surface area contributed by atoms with Crippen LogP contribution in [0.5, 0.6) is 0 Å². The summed E-state index contributed by atoms with van der Waals surface area (Å²) in [7, 11) is 0. The summed E-state index contributed by atoms with van der Waals surface area (Å²) in [6.45, 7) is 2.19. The van der Waals surface area contributed by atoms with Gasteiger partial charge in [0.05, 0.1) is 31.5 Å². The third kappa shape index (κ3) is 7.38. The molecule has 0 unspecified atom stereocenters. The molecule has 27 heavy (non-hydrogen) atoms. The van der Waals surface area contributed by atoms with Crippen molar-refractivity contribution in [1.82, 2.24) is 0 Å². The molecule has 0 saturated heterocycles. The molecule has 0 atom stereocenters. The molecule has 144 valence electrons. The molecule has 2 aromatic rings. The van der Waals surface area contributed by atoms with Crippen molar-refractivity contribution in [2.45, 2.75) is 39.0 Å². The topological polar surface area (TPSA) is 24.4 Å². The maximum Gasteiger partial charge on any atom is 0.0934 e. The van der Waals surface area contributed by atoms with E-state index in [1.54, 1.807) is 24.3 Å². The van der Waals surface area contributed by atoms with Crippen LogP contribution in [-0.2, 0) is 0 Å². The number of benzene rings is 2. The van der Waals surface area contributed by atoms with Gasteiger partial charge in [0.25, 0.3) is 0 Å². The minimum atomic E-state index is 0.529. The molecule has 0 aliphatic carbocycles. The first kappa shape index (κ1) is 22.1. The number of allylic oxidation sites excluding steroid dienone is 1. The lowest BCUT2D eigenvalue weighted by atomic mass is 10.1. The molecule has 0 aliphatic heterocycles. The van der Waals surface area contributed by atoms with E-state index in [1.165, 1.54) is 19.3 Å². The first-order chi connectivity index (χ1) is 13.0. The number of hydrazone groups is 1. The molecule has 1 N–H and O–H groups in total. The quantitative estimate of drug-likeness (QED) is 0.233. The van der Waals surface area contributed by atoms with Crippen LogP contribution >= 0.6 is 46.4 Å². The largest absolute Gasteiger partial charge is 0.275 e. The molecule has 0 fully saturated rings. The van der Waals surface area contributed by atoms with Crippen LogP contribution in [0.4, 0.5) is 5.69 Å². The Kier molecular flexibility index (Phi) is 9.50. The summed E-state index contributed by atoms with van der Waals surface area (Å²) >= 11 is 24.5. The van der Waals surface area contributed by atoms with E-state index in [0.29, 0.717) is 25.8 Å². The summed E-state index contributed by atoms with van der Waals surface area (Å²) in [6, 6.07) is 10.9. The minimum absolute atomic E-state index is 0.529. The minimum Gasteiger partial charge on any atom is -0.275 e. The zero-order valence-electron chi connectivity index (χ0n) is 15.1. The molecule has 6 heteroatoms. The van der Waals surface area contributed by atoms with Crippen molar-refractivity contribution in [1.29, 1.82) is 0 Å². The Morgan fingerprint density at radius 1 is 0.926 bits per heavy atom. The summed E-state index contributed by atoms with van der Waals surface area (Å²) in [5.74, 6) is 0. The molecule has 2 aromatic carbocycles. The summed E-state index contributed by atoms with van der Waals surface area (Å²) in [5.41, 5.74) is 5.48. The molecule has 2 rings (SSSR count). The fourth-order valence-electron chi connectivity index (χ4n) is 2.45. The molecule has 0 saturated carbocycles. The fraction of sp³-hybridized carbons (Fsp3) is 0.286. The Balaban J connectivity index is 2.16. The van der Waals surface area contributed by atoms with Gasteiger partial charge >= 0.3 is 0 Å². The SMILES string of the molecule is CCCCCCC(/C=C/c1ccc(Cl)c(Cl)c1)=N\Nc1c(Cl)cccc1Cl. The summed E-state index contributed by atoms with van der Waals surface area (Å²) in [6.07, 6.45) is 9.44.